The second kappa shape index (κ2) is 12.0. The molecule has 0 bridgehead atoms. The molecule has 1 aliphatic carbocycles. The first-order chi connectivity index (χ1) is 19.7. The fraction of sp³-hybridized carbons (Fsp3) is 0.226. The number of benzene rings is 4. The van der Waals surface area contributed by atoms with Gasteiger partial charge >= 0.3 is 0 Å². The van der Waals surface area contributed by atoms with Crippen molar-refractivity contribution in [2.24, 2.45) is 11.5 Å². The van der Waals surface area contributed by atoms with Crippen LogP contribution in [-0.2, 0) is 26.1 Å². The van der Waals surface area contributed by atoms with Crippen molar-refractivity contribution < 1.29 is 26.3 Å². The molecule has 4 aromatic carbocycles. The average Bonchev–Trinajstić information content (AvgIpc) is 3.35. The number of ether oxygens (including phenoxy) is 2. The fourth-order valence-electron chi connectivity index (χ4n) is 4.90. The topological polar surface area (TPSA) is 139 Å². The first-order valence-electron chi connectivity index (χ1n) is 13.2. The summed E-state index contributed by atoms with van der Waals surface area (Å²) in [5, 5.41) is -1.75. The summed E-state index contributed by atoms with van der Waals surface area (Å²) in [4.78, 5) is 0.439. The molecule has 10 heteroatoms. The predicted molar refractivity (Wildman–Crippen MR) is 159 cm³/mol. The predicted octanol–water partition coefficient (Wildman–Crippen LogP) is 3.62. The molecule has 5 rings (SSSR count). The molecular formula is C31H32N2O6S2. The number of hydrogen-bond acceptors (Lipinski definition) is 8. The van der Waals surface area contributed by atoms with Crippen molar-refractivity contribution in [1.82, 2.24) is 0 Å². The highest BCUT2D eigenvalue weighted by Gasteiger charge is 2.29. The maximum Gasteiger partial charge on any atom is 0.185 e. The van der Waals surface area contributed by atoms with Crippen LogP contribution < -0.4 is 20.9 Å². The second-order valence-electron chi connectivity index (χ2n) is 9.87. The van der Waals surface area contributed by atoms with E-state index in [0.29, 0.717) is 17.9 Å². The van der Waals surface area contributed by atoms with Crippen molar-refractivity contribution in [3.8, 4) is 22.6 Å². The van der Waals surface area contributed by atoms with E-state index in [1.54, 1.807) is 60.7 Å². The summed E-state index contributed by atoms with van der Waals surface area (Å²) in [5.74, 6) is 1.12. The van der Waals surface area contributed by atoms with E-state index >= 15 is 0 Å². The van der Waals surface area contributed by atoms with Gasteiger partial charge in [-0.2, -0.15) is 0 Å². The number of fused-ring (bicyclic) bond motifs is 3. The van der Waals surface area contributed by atoms with Crippen molar-refractivity contribution in [3.05, 3.63) is 108 Å². The van der Waals surface area contributed by atoms with Gasteiger partial charge in [0, 0.05) is 13.1 Å². The van der Waals surface area contributed by atoms with Gasteiger partial charge in [-0.3, -0.25) is 0 Å². The normalized spacial score (nSPS) is 14.1. The molecule has 0 aromatic heterocycles. The largest absolute Gasteiger partial charge is 0.492 e. The van der Waals surface area contributed by atoms with Gasteiger partial charge in [0.25, 0.3) is 0 Å². The molecule has 0 fully saturated rings. The molecule has 2 unspecified atom stereocenters. The van der Waals surface area contributed by atoms with Gasteiger partial charge in [-0.25, -0.2) is 16.8 Å². The molecule has 0 saturated heterocycles. The van der Waals surface area contributed by atoms with Crippen molar-refractivity contribution >= 4 is 19.7 Å². The SMILES string of the molecule is NCC(COc1ccc2c(c1)Cc1cc(OCC(CN)S(=O)(=O)c3ccccc3)ccc1-2)S(=O)(=O)c1ccccc1. The zero-order valence-corrected chi connectivity index (χ0v) is 24.0. The minimum Gasteiger partial charge on any atom is -0.492 e. The van der Waals surface area contributed by atoms with Crippen LogP contribution in [-0.4, -0.2) is 53.6 Å². The Balaban J connectivity index is 1.25. The number of nitrogens with two attached hydrogens (primary N) is 2. The molecule has 4 N–H and O–H groups in total. The molecular weight excluding hydrogens is 560 g/mol. The van der Waals surface area contributed by atoms with Crippen LogP contribution in [0.25, 0.3) is 11.1 Å². The van der Waals surface area contributed by atoms with Crippen molar-refractivity contribution in [3.63, 3.8) is 0 Å². The number of hydrogen-bond donors (Lipinski definition) is 2. The van der Waals surface area contributed by atoms with Crippen LogP contribution in [0.15, 0.2) is 107 Å². The third-order valence-electron chi connectivity index (χ3n) is 7.24. The Kier molecular flexibility index (Phi) is 8.46. The van der Waals surface area contributed by atoms with Crippen LogP contribution >= 0.6 is 0 Å². The van der Waals surface area contributed by atoms with E-state index in [4.69, 9.17) is 20.9 Å². The minimum absolute atomic E-state index is 0.0615. The second-order valence-corrected chi connectivity index (χ2v) is 14.3. The van der Waals surface area contributed by atoms with Crippen molar-refractivity contribution in [2.45, 2.75) is 26.7 Å². The molecule has 0 aliphatic heterocycles. The molecule has 214 valence electrons. The lowest BCUT2D eigenvalue weighted by Gasteiger charge is -2.17. The maximum atomic E-state index is 13.0. The maximum absolute atomic E-state index is 13.0. The zero-order valence-electron chi connectivity index (χ0n) is 22.3. The van der Waals surface area contributed by atoms with E-state index in [2.05, 4.69) is 0 Å². The molecule has 8 nitrogen and oxygen atoms in total. The molecule has 1 aliphatic rings. The van der Waals surface area contributed by atoms with Gasteiger partial charge < -0.3 is 20.9 Å². The van der Waals surface area contributed by atoms with Gasteiger partial charge in [-0.05, 0) is 77.2 Å². The van der Waals surface area contributed by atoms with Crippen LogP contribution in [0.4, 0.5) is 0 Å². The summed E-state index contributed by atoms with van der Waals surface area (Å²) in [6.07, 6.45) is 0.629. The summed E-state index contributed by atoms with van der Waals surface area (Å²) in [6.45, 7) is -0.251. The van der Waals surface area contributed by atoms with Crippen molar-refractivity contribution in [1.29, 1.82) is 0 Å². The third-order valence-corrected chi connectivity index (χ3v) is 11.5. The van der Waals surface area contributed by atoms with E-state index in [0.717, 1.165) is 22.3 Å². The molecule has 0 heterocycles. The highest BCUT2D eigenvalue weighted by molar-refractivity contribution is 7.92. The molecule has 4 aromatic rings. The average molecular weight is 593 g/mol. The molecule has 0 spiro atoms. The van der Waals surface area contributed by atoms with Crippen molar-refractivity contribution in [2.75, 3.05) is 26.3 Å². The van der Waals surface area contributed by atoms with Gasteiger partial charge in [-0.1, -0.05) is 48.5 Å². The lowest BCUT2D eigenvalue weighted by atomic mass is 10.1. The summed E-state index contributed by atoms with van der Waals surface area (Å²) < 4.78 is 63.7. The first-order valence-corrected chi connectivity index (χ1v) is 16.3. The van der Waals surface area contributed by atoms with Crippen LogP contribution in [0.3, 0.4) is 0 Å². The van der Waals surface area contributed by atoms with Gasteiger partial charge in [-0.15, -0.1) is 0 Å². The number of rotatable bonds is 12. The Morgan fingerprint density at radius 1 is 0.585 bits per heavy atom. The highest BCUT2D eigenvalue weighted by Crippen LogP contribution is 2.40. The quantitative estimate of drug-likeness (QED) is 0.224. The smallest absolute Gasteiger partial charge is 0.185 e. The molecule has 0 saturated carbocycles. The molecule has 0 radical (unpaired) electrons. The highest BCUT2D eigenvalue weighted by atomic mass is 32.2. The van der Waals surface area contributed by atoms with Crippen LogP contribution in [0.2, 0.25) is 0 Å². The fourth-order valence-corrected chi connectivity index (χ4v) is 7.74. The van der Waals surface area contributed by atoms with E-state index in [1.165, 1.54) is 0 Å². The van der Waals surface area contributed by atoms with E-state index in [-0.39, 0.29) is 36.1 Å². The Hall–Kier alpha value is -3.70. The minimum atomic E-state index is -3.63. The molecule has 41 heavy (non-hydrogen) atoms. The molecule has 2 atom stereocenters. The Morgan fingerprint density at radius 2 is 0.976 bits per heavy atom. The Bertz CT molecular complexity index is 1600. The summed E-state index contributed by atoms with van der Waals surface area (Å²) >= 11 is 0. The standard InChI is InChI=1S/C31H32N2O6S2/c32-18-28(40(34,35)26-7-3-1-4-8-26)20-38-24-11-13-30-22(16-24)15-23-17-25(12-14-31(23)30)39-21-29(19-33)41(36,37)27-9-5-2-6-10-27/h1-14,16-17,28-29H,15,18-21,32-33H2. The number of sulfone groups is 2. The monoisotopic (exact) mass is 592 g/mol. The van der Waals surface area contributed by atoms with Gasteiger partial charge in [0.2, 0.25) is 0 Å². The van der Waals surface area contributed by atoms with E-state index in [1.807, 2.05) is 36.4 Å². The van der Waals surface area contributed by atoms with Crippen LogP contribution in [0.1, 0.15) is 11.1 Å². The summed E-state index contributed by atoms with van der Waals surface area (Å²) in [6, 6.07) is 27.8. The summed E-state index contributed by atoms with van der Waals surface area (Å²) in [7, 11) is -7.26. The summed E-state index contributed by atoms with van der Waals surface area (Å²) in [5.41, 5.74) is 15.8. The Labute approximate surface area is 240 Å². The first kappa shape index (κ1) is 28.8. The molecule has 0 amide bonds. The van der Waals surface area contributed by atoms with E-state index < -0.39 is 30.2 Å². The van der Waals surface area contributed by atoms with E-state index in [9.17, 15) is 16.8 Å². The van der Waals surface area contributed by atoms with Crippen LogP contribution in [0.5, 0.6) is 11.5 Å². The lowest BCUT2D eigenvalue weighted by Crippen LogP contribution is -2.35. The Morgan fingerprint density at radius 3 is 1.34 bits per heavy atom. The van der Waals surface area contributed by atoms with Gasteiger partial charge in [0.15, 0.2) is 19.7 Å². The van der Waals surface area contributed by atoms with Gasteiger partial charge in [0.05, 0.1) is 9.79 Å². The third kappa shape index (κ3) is 6.01. The van der Waals surface area contributed by atoms with Crippen LogP contribution in [0, 0.1) is 0 Å². The van der Waals surface area contributed by atoms with Gasteiger partial charge in [0.1, 0.15) is 35.2 Å². The zero-order chi connectivity index (χ0) is 29.0. The lowest BCUT2D eigenvalue weighted by molar-refractivity contribution is 0.313.